The molecule has 49 heavy (non-hydrogen) atoms. The molecule has 3 aromatic carbocycles. The van der Waals surface area contributed by atoms with Gasteiger partial charge in [-0.3, -0.25) is 19.5 Å². The first-order valence-electron chi connectivity index (χ1n) is 15.5. The number of methoxy groups -OCH3 is 1. The van der Waals surface area contributed by atoms with Crippen LogP contribution in [0.25, 0.3) is 17.0 Å². The second-order valence-corrected chi connectivity index (χ2v) is 11.0. The molecular weight excluding hydrogens is 657 g/mol. The molecule has 0 unspecified atom stereocenters. The fraction of sp³-hybridized carbons (Fsp3) is 0.314. The average molecular weight is 696 g/mol. The number of nitrogens with one attached hydrogen (secondary N) is 4. The Morgan fingerprint density at radius 1 is 0.878 bits per heavy atom. The molecular formula is C35H39ClFN5O7. The fourth-order valence-corrected chi connectivity index (χ4v) is 5.22. The topological polar surface area (TPSA) is 153 Å². The standard InChI is InChI=1S/C35H38FN5O7.ClH/c1-3-22-10-11-30(48-17-16-47-15-14-46-13-12-45-2)31(32(22)36)33(42)23-4-6-24(7-5-23)34(43)39-28-20-37-21-29(28)40-35(44)25-8-9-26-19-38-41-27(26)18-25;/h3-11,18-19,28-29,37H,1,12-17,20-21H2,2H3,(H,38,41)(H,39,43)(H,40,44);1H/t28-,29-;/m1./s1. The minimum atomic E-state index is -0.756. The third kappa shape index (κ3) is 9.49. The normalized spacial score (nSPS) is 15.4. The molecule has 1 fully saturated rings. The first-order chi connectivity index (χ1) is 23.4. The summed E-state index contributed by atoms with van der Waals surface area (Å²) in [5.41, 5.74) is 1.60. The number of rotatable bonds is 17. The highest BCUT2D eigenvalue weighted by Crippen LogP contribution is 2.28. The maximum atomic E-state index is 15.4. The van der Waals surface area contributed by atoms with E-state index in [1.54, 1.807) is 25.4 Å². The zero-order valence-corrected chi connectivity index (χ0v) is 27.8. The van der Waals surface area contributed by atoms with E-state index in [-0.39, 0.29) is 72.0 Å². The Kier molecular flexibility index (Phi) is 13.8. The number of amides is 2. The number of hydrogen-bond acceptors (Lipinski definition) is 9. The van der Waals surface area contributed by atoms with Gasteiger partial charge in [0.25, 0.3) is 11.8 Å². The second kappa shape index (κ2) is 18.2. The van der Waals surface area contributed by atoms with Gasteiger partial charge in [0.2, 0.25) is 0 Å². The summed E-state index contributed by atoms with van der Waals surface area (Å²) < 4.78 is 36.9. The third-order valence-corrected chi connectivity index (χ3v) is 7.83. The molecule has 0 bridgehead atoms. The Bertz CT molecular complexity index is 1750. The molecule has 2 atom stereocenters. The molecule has 0 radical (unpaired) electrons. The first-order valence-corrected chi connectivity index (χ1v) is 15.5. The molecule has 260 valence electrons. The predicted molar refractivity (Wildman–Crippen MR) is 184 cm³/mol. The van der Waals surface area contributed by atoms with E-state index in [4.69, 9.17) is 18.9 Å². The summed E-state index contributed by atoms with van der Waals surface area (Å²) >= 11 is 0. The van der Waals surface area contributed by atoms with Crippen LogP contribution in [0.2, 0.25) is 0 Å². The molecule has 1 aliphatic heterocycles. The van der Waals surface area contributed by atoms with Gasteiger partial charge in [-0.05, 0) is 36.4 Å². The number of fused-ring (bicyclic) bond motifs is 1. The van der Waals surface area contributed by atoms with E-state index in [9.17, 15) is 14.4 Å². The second-order valence-electron chi connectivity index (χ2n) is 11.0. The Morgan fingerprint density at radius 3 is 2.16 bits per heavy atom. The number of aromatic amines is 1. The van der Waals surface area contributed by atoms with Crippen LogP contribution in [0.3, 0.4) is 0 Å². The zero-order chi connectivity index (χ0) is 33.9. The van der Waals surface area contributed by atoms with Crippen LogP contribution in [0.15, 0.2) is 67.4 Å². The van der Waals surface area contributed by atoms with Crippen LogP contribution < -0.4 is 20.7 Å². The summed E-state index contributed by atoms with van der Waals surface area (Å²) in [6, 6.07) is 13.5. The van der Waals surface area contributed by atoms with E-state index < -0.39 is 11.6 Å². The van der Waals surface area contributed by atoms with Gasteiger partial charge in [0, 0.05) is 47.8 Å². The Hall–Kier alpha value is -4.66. The van der Waals surface area contributed by atoms with Gasteiger partial charge < -0.3 is 34.9 Å². The largest absolute Gasteiger partial charge is 0.490 e. The van der Waals surface area contributed by atoms with Crippen LogP contribution in [0.5, 0.6) is 5.75 Å². The lowest BCUT2D eigenvalue weighted by Crippen LogP contribution is -2.51. The minimum absolute atomic E-state index is 0. The predicted octanol–water partition coefficient (Wildman–Crippen LogP) is 3.56. The molecule has 12 nitrogen and oxygen atoms in total. The Labute approximate surface area is 289 Å². The van der Waals surface area contributed by atoms with Gasteiger partial charge >= 0.3 is 0 Å². The van der Waals surface area contributed by atoms with E-state index in [1.165, 1.54) is 42.5 Å². The molecule has 2 amide bonds. The van der Waals surface area contributed by atoms with Gasteiger partial charge in [-0.2, -0.15) is 5.10 Å². The SMILES string of the molecule is C=Cc1ccc(OCCOCCOCCOC)c(C(=O)c2ccc(C(=O)N[C@@H]3CNC[C@H]3NC(=O)c3ccc4cn[nH]c4c3)cc2)c1F.Cl. The van der Waals surface area contributed by atoms with E-state index in [0.29, 0.717) is 50.6 Å². The van der Waals surface area contributed by atoms with Gasteiger partial charge in [-0.1, -0.05) is 30.9 Å². The van der Waals surface area contributed by atoms with Crippen molar-refractivity contribution < 1.29 is 37.7 Å². The molecule has 0 spiro atoms. The van der Waals surface area contributed by atoms with Crippen LogP contribution in [-0.2, 0) is 14.2 Å². The molecule has 14 heteroatoms. The minimum Gasteiger partial charge on any atom is -0.490 e. The van der Waals surface area contributed by atoms with Crippen molar-refractivity contribution in [3.05, 3.63) is 101 Å². The number of hydrogen-bond donors (Lipinski definition) is 4. The Morgan fingerprint density at radius 2 is 1.49 bits per heavy atom. The molecule has 0 aliphatic carbocycles. The molecule has 5 rings (SSSR count). The number of carbonyl (C=O) groups is 3. The van der Waals surface area contributed by atoms with Crippen LogP contribution in [0, 0.1) is 5.82 Å². The maximum absolute atomic E-state index is 15.4. The molecule has 0 saturated carbocycles. The van der Waals surface area contributed by atoms with Crippen molar-refractivity contribution in [3.8, 4) is 5.75 Å². The van der Waals surface area contributed by atoms with Crippen LogP contribution in [0.1, 0.15) is 42.2 Å². The molecule has 2 heterocycles. The highest BCUT2D eigenvalue weighted by atomic mass is 35.5. The highest BCUT2D eigenvalue weighted by Gasteiger charge is 2.30. The van der Waals surface area contributed by atoms with Gasteiger partial charge in [0.05, 0.1) is 56.8 Å². The van der Waals surface area contributed by atoms with Crippen LogP contribution >= 0.6 is 12.4 Å². The van der Waals surface area contributed by atoms with Crippen LogP contribution in [-0.4, -0.2) is 99.7 Å². The monoisotopic (exact) mass is 695 g/mol. The van der Waals surface area contributed by atoms with Crippen molar-refractivity contribution >= 4 is 47.0 Å². The third-order valence-electron chi connectivity index (χ3n) is 7.83. The molecule has 1 saturated heterocycles. The van der Waals surface area contributed by atoms with Crippen LogP contribution in [0.4, 0.5) is 4.39 Å². The van der Waals surface area contributed by atoms with Gasteiger partial charge in [-0.15, -0.1) is 12.4 Å². The lowest BCUT2D eigenvalue weighted by molar-refractivity contribution is 0.0179. The Balaban J connectivity index is 0.00000541. The van der Waals surface area contributed by atoms with Gasteiger partial charge in [0.1, 0.15) is 23.7 Å². The molecule has 1 aliphatic rings. The number of nitrogens with zero attached hydrogens (tertiary/aromatic N) is 1. The van der Waals surface area contributed by atoms with Crippen molar-refractivity contribution in [2.24, 2.45) is 0 Å². The first kappa shape index (κ1) is 37.2. The number of H-pyrrole nitrogens is 1. The molecule has 4 aromatic rings. The number of ketones is 1. The quantitative estimate of drug-likeness (QED) is 0.0960. The van der Waals surface area contributed by atoms with Crippen molar-refractivity contribution in [2.75, 3.05) is 59.8 Å². The summed E-state index contributed by atoms with van der Waals surface area (Å²) in [7, 11) is 1.59. The summed E-state index contributed by atoms with van der Waals surface area (Å²) in [6.45, 7) is 6.55. The van der Waals surface area contributed by atoms with Gasteiger partial charge in [0.15, 0.2) is 5.78 Å². The smallest absolute Gasteiger partial charge is 0.251 e. The lowest BCUT2D eigenvalue weighted by Gasteiger charge is -2.21. The number of aromatic nitrogens is 2. The summed E-state index contributed by atoms with van der Waals surface area (Å²) in [4.78, 5) is 39.6. The van der Waals surface area contributed by atoms with Crippen molar-refractivity contribution in [2.45, 2.75) is 12.1 Å². The van der Waals surface area contributed by atoms with Crippen molar-refractivity contribution in [1.82, 2.24) is 26.1 Å². The number of benzene rings is 3. The highest BCUT2D eigenvalue weighted by molar-refractivity contribution is 6.11. The van der Waals surface area contributed by atoms with E-state index >= 15 is 4.39 Å². The van der Waals surface area contributed by atoms with Crippen molar-refractivity contribution in [3.63, 3.8) is 0 Å². The fourth-order valence-electron chi connectivity index (χ4n) is 5.22. The summed E-state index contributed by atoms with van der Waals surface area (Å²) in [5.74, 6) is -1.95. The average Bonchev–Trinajstić information content (AvgIpc) is 3.76. The number of carbonyl (C=O) groups excluding carboxylic acids is 3. The molecule has 1 aromatic heterocycles. The lowest BCUT2D eigenvalue weighted by atomic mass is 9.98. The number of ether oxygens (including phenoxy) is 4. The summed E-state index contributed by atoms with van der Waals surface area (Å²) in [5, 5.41) is 16.9. The maximum Gasteiger partial charge on any atom is 0.251 e. The van der Waals surface area contributed by atoms with E-state index in [1.807, 2.05) is 6.07 Å². The van der Waals surface area contributed by atoms with E-state index in [0.717, 1.165) is 10.9 Å². The summed E-state index contributed by atoms with van der Waals surface area (Å²) in [6.07, 6.45) is 3.00. The van der Waals surface area contributed by atoms with Gasteiger partial charge in [-0.25, -0.2) is 4.39 Å². The van der Waals surface area contributed by atoms with E-state index in [2.05, 4.69) is 32.7 Å². The van der Waals surface area contributed by atoms with Crippen molar-refractivity contribution in [1.29, 1.82) is 0 Å². The molecule has 4 N–H and O–H groups in total. The zero-order valence-electron chi connectivity index (χ0n) is 27.0. The number of halogens is 2.